The Kier molecular flexibility index (Phi) is 3.79. The number of carbonyl (C=O) groups is 3. The van der Waals surface area contributed by atoms with Gasteiger partial charge in [-0.2, -0.15) is 0 Å². The standard InChI is InChI=1S/C13H10N4O4S/c18-10(16-12-14-3-5-22-12)9-6-15-13(20)17(11(9)19)7-8-2-1-4-21-8/h1-6,9H,7H2,(H,14,16,18). The first-order valence-corrected chi connectivity index (χ1v) is 7.15. The molecule has 0 aliphatic carbocycles. The molecule has 1 atom stereocenters. The lowest BCUT2D eigenvalue weighted by Crippen LogP contribution is -2.47. The summed E-state index contributed by atoms with van der Waals surface area (Å²) in [7, 11) is 0. The van der Waals surface area contributed by atoms with Crippen LogP contribution in [0.25, 0.3) is 0 Å². The number of aliphatic imine (C=N–C) groups is 1. The van der Waals surface area contributed by atoms with Crippen molar-refractivity contribution in [2.45, 2.75) is 6.54 Å². The number of furan rings is 1. The number of hydrogen-bond donors (Lipinski definition) is 1. The molecule has 0 saturated carbocycles. The van der Waals surface area contributed by atoms with E-state index in [1.54, 1.807) is 17.5 Å². The summed E-state index contributed by atoms with van der Waals surface area (Å²) in [6.07, 6.45) is 4.01. The van der Waals surface area contributed by atoms with E-state index in [1.165, 1.54) is 23.8 Å². The van der Waals surface area contributed by atoms with Gasteiger partial charge in [0.1, 0.15) is 5.76 Å². The molecule has 1 N–H and O–H groups in total. The first-order valence-electron chi connectivity index (χ1n) is 6.27. The van der Waals surface area contributed by atoms with Crippen molar-refractivity contribution >= 4 is 40.5 Å². The van der Waals surface area contributed by atoms with E-state index >= 15 is 0 Å². The first-order chi connectivity index (χ1) is 10.6. The maximum Gasteiger partial charge on any atom is 0.350 e. The Morgan fingerprint density at radius 2 is 2.32 bits per heavy atom. The van der Waals surface area contributed by atoms with Crippen molar-refractivity contribution in [2.24, 2.45) is 10.9 Å². The predicted molar refractivity (Wildman–Crippen MR) is 77.4 cm³/mol. The number of carbonyl (C=O) groups excluding carboxylic acids is 3. The molecular weight excluding hydrogens is 308 g/mol. The lowest BCUT2D eigenvalue weighted by Gasteiger charge is -2.24. The number of aromatic nitrogens is 1. The Morgan fingerprint density at radius 1 is 1.45 bits per heavy atom. The first kappa shape index (κ1) is 14.1. The van der Waals surface area contributed by atoms with Gasteiger partial charge >= 0.3 is 6.03 Å². The van der Waals surface area contributed by atoms with Crippen LogP contribution in [0.3, 0.4) is 0 Å². The minimum Gasteiger partial charge on any atom is -0.467 e. The number of amides is 4. The summed E-state index contributed by atoms with van der Waals surface area (Å²) in [6.45, 7) is -0.0664. The van der Waals surface area contributed by atoms with Crippen molar-refractivity contribution in [3.8, 4) is 0 Å². The highest BCUT2D eigenvalue weighted by Gasteiger charge is 2.37. The van der Waals surface area contributed by atoms with Gasteiger partial charge in [-0.3, -0.25) is 14.5 Å². The van der Waals surface area contributed by atoms with E-state index in [0.29, 0.717) is 10.9 Å². The number of anilines is 1. The van der Waals surface area contributed by atoms with E-state index < -0.39 is 23.8 Å². The summed E-state index contributed by atoms with van der Waals surface area (Å²) in [6, 6.07) is 2.55. The number of nitrogens with zero attached hydrogens (tertiary/aromatic N) is 3. The average molecular weight is 318 g/mol. The van der Waals surface area contributed by atoms with Gasteiger partial charge in [0.25, 0.3) is 0 Å². The van der Waals surface area contributed by atoms with Crippen LogP contribution in [0.5, 0.6) is 0 Å². The van der Waals surface area contributed by atoms with Crippen LogP contribution in [0, 0.1) is 5.92 Å². The molecule has 0 fully saturated rings. The second kappa shape index (κ2) is 5.90. The van der Waals surface area contributed by atoms with Crippen LogP contribution in [-0.2, 0) is 16.1 Å². The molecule has 8 nitrogen and oxygen atoms in total. The second-order valence-corrected chi connectivity index (χ2v) is 5.26. The molecule has 4 amide bonds. The fraction of sp³-hybridized carbons (Fsp3) is 0.154. The van der Waals surface area contributed by atoms with Crippen LogP contribution in [0.2, 0.25) is 0 Å². The van der Waals surface area contributed by atoms with Crippen LogP contribution >= 0.6 is 11.3 Å². The molecule has 0 saturated heterocycles. The van der Waals surface area contributed by atoms with Crippen molar-refractivity contribution in [2.75, 3.05) is 5.32 Å². The van der Waals surface area contributed by atoms with Crippen LogP contribution < -0.4 is 5.32 Å². The number of imide groups is 1. The van der Waals surface area contributed by atoms with Gasteiger partial charge in [0, 0.05) is 17.8 Å². The van der Waals surface area contributed by atoms with Crippen LogP contribution in [0.1, 0.15) is 5.76 Å². The molecule has 3 heterocycles. The molecule has 9 heteroatoms. The minimum atomic E-state index is -1.17. The Labute approximate surface area is 128 Å². The van der Waals surface area contributed by atoms with Crippen molar-refractivity contribution in [1.82, 2.24) is 9.88 Å². The van der Waals surface area contributed by atoms with Gasteiger partial charge in [-0.05, 0) is 12.1 Å². The Hall–Kier alpha value is -2.81. The molecule has 0 radical (unpaired) electrons. The van der Waals surface area contributed by atoms with Crippen molar-refractivity contribution in [3.05, 3.63) is 35.7 Å². The predicted octanol–water partition coefficient (Wildman–Crippen LogP) is 1.52. The number of hydrogen-bond acceptors (Lipinski definition) is 6. The molecule has 1 aliphatic heterocycles. The number of rotatable bonds is 4. The Bertz CT molecular complexity index is 723. The van der Waals surface area contributed by atoms with Crippen LogP contribution in [0.4, 0.5) is 9.93 Å². The zero-order valence-corrected chi connectivity index (χ0v) is 11.9. The lowest BCUT2D eigenvalue weighted by molar-refractivity contribution is -0.135. The monoisotopic (exact) mass is 318 g/mol. The SMILES string of the molecule is O=C(Nc1nccs1)C1C=NC(=O)N(Cc2ccco2)C1=O. The number of thiazole rings is 1. The Balaban J connectivity index is 1.75. The third kappa shape index (κ3) is 2.79. The maximum atomic E-state index is 12.3. The zero-order chi connectivity index (χ0) is 15.5. The quantitative estimate of drug-likeness (QED) is 0.861. The zero-order valence-electron chi connectivity index (χ0n) is 11.1. The molecule has 0 bridgehead atoms. The van der Waals surface area contributed by atoms with E-state index in [0.717, 1.165) is 11.1 Å². The van der Waals surface area contributed by atoms with E-state index in [9.17, 15) is 14.4 Å². The van der Waals surface area contributed by atoms with Gasteiger partial charge in [-0.15, -0.1) is 11.3 Å². The van der Waals surface area contributed by atoms with E-state index in [1.807, 2.05) is 0 Å². The smallest absolute Gasteiger partial charge is 0.350 e. The number of nitrogens with one attached hydrogen (secondary N) is 1. The largest absolute Gasteiger partial charge is 0.467 e. The van der Waals surface area contributed by atoms with Crippen molar-refractivity contribution in [1.29, 1.82) is 0 Å². The normalized spacial score (nSPS) is 17.8. The number of urea groups is 1. The van der Waals surface area contributed by atoms with Gasteiger partial charge in [0.2, 0.25) is 11.8 Å². The molecule has 0 spiro atoms. The van der Waals surface area contributed by atoms with E-state index in [4.69, 9.17) is 4.42 Å². The molecule has 0 aromatic carbocycles. The summed E-state index contributed by atoms with van der Waals surface area (Å²) in [4.78, 5) is 44.6. The van der Waals surface area contributed by atoms with Gasteiger partial charge in [0.15, 0.2) is 11.0 Å². The van der Waals surface area contributed by atoms with Crippen molar-refractivity contribution < 1.29 is 18.8 Å². The summed E-state index contributed by atoms with van der Waals surface area (Å²) < 4.78 is 5.11. The molecule has 2 aromatic heterocycles. The van der Waals surface area contributed by atoms with Gasteiger partial charge in [-0.25, -0.2) is 14.8 Å². The molecule has 2 aromatic rings. The van der Waals surface area contributed by atoms with Gasteiger partial charge in [0.05, 0.1) is 12.8 Å². The molecular formula is C13H10N4O4S. The highest BCUT2D eigenvalue weighted by Crippen LogP contribution is 2.17. The lowest BCUT2D eigenvalue weighted by atomic mass is 10.1. The van der Waals surface area contributed by atoms with E-state index in [2.05, 4.69) is 15.3 Å². The summed E-state index contributed by atoms with van der Waals surface area (Å²) in [5, 5.41) is 4.58. The summed E-state index contributed by atoms with van der Waals surface area (Å²) in [5.41, 5.74) is 0. The van der Waals surface area contributed by atoms with Crippen LogP contribution in [0.15, 0.2) is 39.4 Å². The highest BCUT2D eigenvalue weighted by atomic mass is 32.1. The third-order valence-electron chi connectivity index (χ3n) is 2.94. The molecule has 112 valence electrons. The minimum absolute atomic E-state index is 0.0664. The fourth-order valence-corrected chi connectivity index (χ4v) is 2.42. The fourth-order valence-electron chi connectivity index (χ4n) is 1.89. The van der Waals surface area contributed by atoms with Crippen molar-refractivity contribution in [3.63, 3.8) is 0 Å². The second-order valence-electron chi connectivity index (χ2n) is 4.37. The average Bonchev–Trinajstić information content (AvgIpc) is 3.16. The maximum absolute atomic E-state index is 12.3. The summed E-state index contributed by atoms with van der Waals surface area (Å²) in [5.74, 6) is -1.97. The molecule has 1 unspecified atom stereocenters. The molecule has 1 aliphatic rings. The topological polar surface area (TPSA) is 105 Å². The molecule has 3 rings (SSSR count). The Morgan fingerprint density at radius 3 is 3.00 bits per heavy atom. The van der Waals surface area contributed by atoms with Gasteiger partial charge < -0.3 is 9.73 Å². The van der Waals surface area contributed by atoms with Gasteiger partial charge in [-0.1, -0.05) is 0 Å². The molecule has 22 heavy (non-hydrogen) atoms. The van der Waals surface area contributed by atoms with Crippen LogP contribution in [-0.4, -0.2) is 33.9 Å². The summed E-state index contributed by atoms with van der Waals surface area (Å²) >= 11 is 1.23. The highest BCUT2D eigenvalue weighted by molar-refractivity contribution is 7.13. The third-order valence-corrected chi connectivity index (χ3v) is 3.62. The van der Waals surface area contributed by atoms with E-state index in [-0.39, 0.29) is 6.54 Å².